The van der Waals surface area contributed by atoms with Crippen molar-refractivity contribution < 1.29 is 23.9 Å². The maximum absolute atomic E-state index is 13.6. The second-order valence-corrected chi connectivity index (χ2v) is 9.15. The van der Waals surface area contributed by atoms with Gasteiger partial charge in [-0.15, -0.1) is 0 Å². The third kappa shape index (κ3) is 2.76. The molecule has 9 heteroatoms. The molecule has 3 aliphatic heterocycles. The van der Waals surface area contributed by atoms with Crippen molar-refractivity contribution in [3.05, 3.63) is 63.9 Å². The van der Waals surface area contributed by atoms with Crippen molar-refractivity contribution in [2.45, 2.75) is 38.1 Å². The number of likely N-dealkylation sites (tertiary alicyclic amines) is 1. The number of fused-ring (bicyclic) bond motifs is 4. The van der Waals surface area contributed by atoms with Gasteiger partial charge in [0.2, 0.25) is 17.7 Å². The average Bonchev–Trinajstić information content (AvgIpc) is 3.32. The molecule has 2 fully saturated rings. The lowest BCUT2D eigenvalue weighted by molar-refractivity contribution is -0.143. The molecule has 3 aliphatic rings. The second-order valence-electron chi connectivity index (χ2n) is 8.71. The highest BCUT2D eigenvalue weighted by atomic mass is 35.5. The molecule has 2 aromatic rings. The van der Waals surface area contributed by atoms with Gasteiger partial charge in [0, 0.05) is 22.3 Å². The van der Waals surface area contributed by atoms with Crippen LogP contribution in [0.4, 0.5) is 10.1 Å². The van der Waals surface area contributed by atoms with E-state index in [0.717, 1.165) is 10.5 Å². The Labute approximate surface area is 188 Å². The van der Waals surface area contributed by atoms with E-state index in [2.05, 4.69) is 10.6 Å². The highest BCUT2D eigenvalue weighted by molar-refractivity contribution is 6.31. The summed E-state index contributed by atoms with van der Waals surface area (Å²) in [6.45, 7) is 3.27. The van der Waals surface area contributed by atoms with E-state index >= 15 is 0 Å². The molecule has 3 amide bonds. The minimum Gasteiger partial charge on any atom is -0.392 e. The van der Waals surface area contributed by atoms with Gasteiger partial charge < -0.3 is 10.4 Å². The Morgan fingerprint density at radius 1 is 1.19 bits per heavy atom. The number of imide groups is 1. The number of aliphatic hydroxyl groups excluding tert-OH is 1. The van der Waals surface area contributed by atoms with Crippen LogP contribution < -0.4 is 10.6 Å². The van der Waals surface area contributed by atoms with Crippen LogP contribution in [-0.4, -0.2) is 39.9 Å². The van der Waals surface area contributed by atoms with Gasteiger partial charge >= 0.3 is 0 Å². The SMILES string of the molecule is Cc1cc(Cl)cc2c1NC(=O)[C@]21N[C@H]([C@@H](C)O)[C@H]2C(=O)N(Cc3ccc(F)cc3)C(=O)[C@H]21. The molecule has 1 spiro atoms. The fraction of sp³-hybridized carbons (Fsp3) is 0.348. The van der Waals surface area contributed by atoms with Gasteiger partial charge in [-0.25, -0.2) is 4.39 Å². The number of carbonyl (C=O) groups excluding carboxylic acids is 3. The molecule has 2 aromatic carbocycles. The van der Waals surface area contributed by atoms with Crippen molar-refractivity contribution in [1.82, 2.24) is 10.2 Å². The van der Waals surface area contributed by atoms with Crippen LogP contribution in [0.3, 0.4) is 0 Å². The summed E-state index contributed by atoms with van der Waals surface area (Å²) in [7, 11) is 0. The summed E-state index contributed by atoms with van der Waals surface area (Å²) in [4.78, 5) is 41.5. The molecule has 3 N–H and O–H groups in total. The number of rotatable bonds is 3. The Kier molecular flexibility index (Phi) is 4.67. The molecule has 166 valence electrons. The topological polar surface area (TPSA) is 98.7 Å². The van der Waals surface area contributed by atoms with Crippen LogP contribution in [-0.2, 0) is 26.5 Å². The van der Waals surface area contributed by atoms with Gasteiger partial charge in [0.1, 0.15) is 11.4 Å². The van der Waals surface area contributed by atoms with Crippen molar-refractivity contribution >= 4 is 35.0 Å². The molecular formula is C23H21ClFN3O4. The lowest BCUT2D eigenvalue weighted by Gasteiger charge is -2.30. The van der Waals surface area contributed by atoms with Gasteiger partial charge in [-0.05, 0) is 49.2 Å². The van der Waals surface area contributed by atoms with Crippen LogP contribution in [0.5, 0.6) is 0 Å². The number of aryl methyl sites for hydroxylation is 1. The van der Waals surface area contributed by atoms with E-state index in [1.165, 1.54) is 31.2 Å². The van der Waals surface area contributed by atoms with Crippen molar-refractivity contribution in [2.75, 3.05) is 5.32 Å². The van der Waals surface area contributed by atoms with Crippen molar-refractivity contribution in [3.8, 4) is 0 Å². The van der Waals surface area contributed by atoms with Crippen LogP contribution in [0.25, 0.3) is 0 Å². The lowest BCUT2D eigenvalue weighted by Crippen LogP contribution is -2.54. The summed E-state index contributed by atoms with van der Waals surface area (Å²) >= 11 is 6.28. The number of amides is 3. The zero-order valence-corrected chi connectivity index (χ0v) is 18.1. The third-order valence-corrected chi connectivity index (χ3v) is 7.00. The molecule has 0 radical (unpaired) electrons. The third-order valence-electron chi connectivity index (χ3n) is 6.79. The molecule has 0 bridgehead atoms. The van der Waals surface area contributed by atoms with Gasteiger partial charge in [0.25, 0.3) is 0 Å². The molecule has 3 heterocycles. The van der Waals surface area contributed by atoms with E-state index in [0.29, 0.717) is 21.8 Å². The smallest absolute Gasteiger partial charge is 0.250 e. The summed E-state index contributed by atoms with van der Waals surface area (Å²) in [5, 5.41) is 16.8. The quantitative estimate of drug-likeness (QED) is 0.613. The number of benzene rings is 2. The summed E-state index contributed by atoms with van der Waals surface area (Å²) in [6.07, 6.45) is -0.999. The van der Waals surface area contributed by atoms with Crippen molar-refractivity contribution in [1.29, 1.82) is 0 Å². The molecular weight excluding hydrogens is 437 g/mol. The number of hydrogen-bond acceptors (Lipinski definition) is 5. The Hall–Kier alpha value is -2.81. The van der Waals surface area contributed by atoms with Gasteiger partial charge in [0.15, 0.2) is 0 Å². The molecule has 5 atom stereocenters. The van der Waals surface area contributed by atoms with E-state index < -0.39 is 53.1 Å². The van der Waals surface area contributed by atoms with Crippen LogP contribution >= 0.6 is 11.6 Å². The first kappa shape index (κ1) is 21.1. The minimum absolute atomic E-state index is 0.0450. The number of nitrogens with one attached hydrogen (secondary N) is 2. The molecule has 2 saturated heterocycles. The Morgan fingerprint density at radius 3 is 2.53 bits per heavy atom. The van der Waals surface area contributed by atoms with Gasteiger partial charge in [-0.2, -0.15) is 0 Å². The van der Waals surface area contributed by atoms with Crippen LogP contribution in [0, 0.1) is 24.6 Å². The number of carbonyl (C=O) groups is 3. The Bertz CT molecular complexity index is 1170. The molecule has 7 nitrogen and oxygen atoms in total. The van der Waals surface area contributed by atoms with Crippen LogP contribution in [0.2, 0.25) is 5.02 Å². The second kappa shape index (κ2) is 7.10. The molecule has 0 aromatic heterocycles. The predicted molar refractivity (Wildman–Crippen MR) is 114 cm³/mol. The van der Waals surface area contributed by atoms with E-state index in [9.17, 15) is 23.9 Å². The maximum Gasteiger partial charge on any atom is 0.250 e. The van der Waals surface area contributed by atoms with E-state index in [4.69, 9.17) is 11.6 Å². The van der Waals surface area contributed by atoms with Gasteiger partial charge in [-0.1, -0.05) is 23.7 Å². The average molecular weight is 458 g/mol. The zero-order chi connectivity index (χ0) is 22.9. The molecule has 32 heavy (non-hydrogen) atoms. The lowest BCUT2D eigenvalue weighted by atomic mass is 9.76. The Balaban J connectivity index is 1.63. The zero-order valence-electron chi connectivity index (χ0n) is 17.4. The largest absolute Gasteiger partial charge is 0.392 e. The number of hydrogen-bond donors (Lipinski definition) is 3. The van der Waals surface area contributed by atoms with Gasteiger partial charge in [0.05, 0.1) is 24.5 Å². The summed E-state index contributed by atoms with van der Waals surface area (Å²) in [6, 6.07) is 8.04. The van der Waals surface area contributed by atoms with Crippen LogP contribution in [0.1, 0.15) is 23.6 Å². The van der Waals surface area contributed by atoms with E-state index in [1.54, 1.807) is 19.1 Å². The highest BCUT2D eigenvalue weighted by Gasteiger charge is 2.71. The molecule has 0 unspecified atom stereocenters. The van der Waals surface area contributed by atoms with Gasteiger partial charge in [-0.3, -0.25) is 24.6 Å². The first-order valence-corrected chi connectivity index (χ1v) is 10.7. The van der Waals surface area contributed by atoms with E-state index in [-0.39, 0.29) is 6.54 Å². The number of halogens is 2. The monoisotopic (exact) mass is 457 g/mol. The summed E-state index contributed by atoms with van der Waals surface area (Å²) in [5.41, 5.74) is 0.835. The number of nitrogens with zero attached hydrogens (tertiary/aromatic N) is 1. The standard InChI is InChI=1S/C23H21ClFN3O4/c1-10-7-13(24)8-15-18(10)26-22(32)23(15)17-16(19(27-23)11(2)29)20(30)28(21(17)31)9-12-3-5-14(25)6-4-12/h3-8,11,16-17,19,27,29H,9H2,1-2H3,(H,26,32)/t11-,16+,17+,19-,23+/m1/s1. The highest BCUT2D eigenvalue weighted by Crippen LogP contribution is 2.54. The molecule has 0 saturated carbocycles. The number of aliphatic hydroxyl groups is 1. The fourth-order valence-electron chi connectivity index (χ4n) is 5.37. The molecule has 0 aliphatic carbocycles. The number of anilines is 1. The predicted octanol–water partition coefficient (Wildman–Crippen LogP) is 2.09. The van der Waals surface area contributed by atoms with Crippen molar-refractivity contribution in [2.24, 2.45) is 11.8 Å². The maximum atomic E-state index is 13.6. The first-order valence-electron chi connectivity index (χ1n) is 10.3. The summed E-state index contributed by atoms with van der Waals surface area (Å²) in [5.74, 6) is -3.84. The fourth-order valence-corrected chi connectivity index (χ4v) is 5.64. The molecule has 5 rings (SSSR count). The minimum atomic E-state index is -1.53. The van der Waals surface area contributed by atoms with Crippen molar-refractivity contribution in [3.63, 3.8) is 0 Å². The van der Waals surface area contributed by atoms with Crippen LogP contribution in [0.15, 0.2) is 36.4 Å². The summed E-state index contributed by atoms with van der Waals surface area (Å²) < 4.78 is 13.3. The Morgan fingerprint density at radius 2 is 1.88 bits per heavy atom. The first-order chi connectivity index (χ1) is 15.1. The van der Waals surface area contributed by atoms with E-state index in [1.807, 2.05) is 0 Å². The normalized spacial score (nSPS) is 29.5.